The van der Waals surface area contributed by atoms with Crippen LogP contribution in [0.4, 0.5) is 0 Å². The number of nitrogens with zero attached hydrogens (tertiary/aromatic N) is 4. The van der Waals surface area contributed by atoms with E-state index in [2.05, 4.69) is 15.3 Å². The molecule has 2 aromatic carbocycles. The van der Waals surface area contributed by atoms with E-state index in [1.807, 2.05) is 54.6 Å². The second-order valence-corrected chi connectivity index (χ2v) is 6.75. The van der Waals surface area contributed by atoms with Crippen LogP contribution in [-0.4, -0.2) is 26.4 Å². The highest BCUT2D eigenvalue weighted by Crippen LogP contribution is 2.35. The molecule has 26 heavy (non-hydrogen) atoms. The Morgan fingerprint density at radius 2 is 1.85 bits per heavy atom. The van der Waals surface area contributed by atoms with Gasteiger partial charge in [0.15, 0.2) is 28.4 Å². The SMILES string of the molecule is c1ccc(OCc2nn3c([C@H]4COc5ccccc5O4)nnc3s2)cc1. The molecule has 0 bridgehead atoms. The highest BCUT2D eigenvalue weighted by atomic mass is 32.1. The zero-order valence-electron chi connectivity index (χ0n) is 13.6. The summed E-state index contributed by atoms with van der Waals surface area (Å²) in [4.78, 5) is 0.703. The summed E-state index contributed by atoms with van der Waals surface area (Å²) in [5.41, 5.74) is 0. The topological polar surface area (TPSA) is 70.8 Å². The molecule has 1 atom stereocenters. The lowest BCUT2D eigenvalue weighted by molar-refractivity contribution is 0.0835. The first-order valence-corrected chi connectivity index (χ1v) is 8.96. The fraction of sp³-hybridized carbons (Fsp3) is 0.167. The normalized spacial score (nSPS) is 15.9. The van der Waals surface area contributed by atoms with E-state index < -0.39 is 0 Å². The molecule has 2 aromatic heterocycles. The fourth-order valence-corrected chi connectivity index (χ4v) is 3.49. The van der Waals surface area contributed by atoms with Crippen molar-refractivity contribution in [3.8, 4) is 17.2 Å². The van der Waals surface area contributed by atoms with Crippen molar-refractivity contribution in [1.82, 2.24) is 19.8 Å². The molecule has 0 saturated carbocycles. The summed E-state index contributed by atoms with van der Waals surface area (Å²) in [6.45, 7) is 0.744. The maximum absolute atomic E-state index is 6.01. The van der Waals surface area contributed by atoms with Gasteiger partial charge in [-0.2, -0.15) is 9.61 Å². The van der Waals surface area contributed by atoms with Gasteiger partial charge in [0.1, 0.15) is 19.0 Å². The second kappa shape index (κ2) is 6.30. The lowest BCUT2D eigenvalue weighted by Gasteiger charge is -2.24. The first-order valence-electron chi connectivity index (χ1n) is 8.14. The summed E-state index contributed by atoms with van der Waals surface area (Å²) in [5.74, 6) is 2.86. The molecule has 0 saturated heterocycles. The molecule has 1 aliphatic rings. The second-order valence-electron chi connectivity index (χ2n) is 5.71. The van der Waals surface area contributed by atoms with Gasteiger partial charge in [-0.1, -0.05) is 41.7 Å². The van der Waals surface area contributed by atoms with Gasteiger partial charge in [-0.25, -0.2) is 0 Å². The predicted molar refractivity (Wildman–Crippen MR) is 94.7 cm³/mol. The summed E-state index contributed by atoms with van der Waals surface area (Å²) in [7, 11) is 0. The van der Waals surface area contributed by atoms with Gasteiger partial charge in [0.05, 0.1) is 0 Å². The standard InChI is InChI=1S/C18H14N4O3S/c1-2-6-12(7-3-1)23-11-16-21-22-17(19-20-18(22)26-16)15-10-24-13-8-4-5-9-14(13)25-15/h1-9,15H,10-11H2/t15-/m1/s1. The quantitative estimate of drug-likeness (QED) is 0.552. The van der Waals surface area contributed by atoms with Crippen molar-refractivity contribution in [2.24, 2.45) is 0 Å². The highest BCUT2D eigenvalue weighted by molar-refractivity contribution is 7.16. The smallest absolute Gasteiger partial charge is 0.234 e. The summed E-state index contributed by atoms with van der Waals surface area (Å²) in [5, 5.41) is 13.8. The van der Waals surface area contributed by atoms with Crippen LogP contribution >= 0.6 is 11.3 Å². The van der Waals surface area contributed by atoms with Crippen molar-refractivity contribution in [1.29, 1.82) is 0 Å². The molecule has 0 radical (unpaired) electrons. The van der Waals surface area contributed by atoms with Crippen LogP contribution < -0.4 is 14.2 Å². The van der Waals surface area contributed by atoms with Gasteiger partial charge in [0.25, 0.3) is 0 Å². The Labute approximate surface area is 152 Å². The molecule has 3 heterocycles. The van der Waals surface area contributed by atoms with E-state index in [0.29, 0.717) is 29.7 Å². The number of fused-ring (bicyclic) bond motifs is 2. The van der Waals surface area contributed by atoms with Crippen LogP contribution in [0.15, 0.2) is 54.6 Å². The van der Waals surface area contributed by atoms with E-state index in [1.165, 1.54) is 11.3 Å². The van der Waals surface area contributed by atoms with Crippen molar-refractivity contribution >= 4 is 16.3 Å². The van der Waals surface area contributed by atoms with Crippen molar-refractivity contribution < 1.29 is 14.2 Å². The molecule has 0 aliphatic carbocycles. The summed E-state index contributed by atoms with van der Waals surface area (Å²) in [6.07, 6.45) is -0.357. The van der Waals surface area contributed by atoms with Crippen molar-refractivity contribution in [2.75, 3.05) is 6.61 Å². The van der Waals surface area contributed by atoms with E-state index >= 15 is 0 Å². The van der Waals surface area contributed by atoms with Gasteiger partial charge in [-0.15, -0.1) is 10.2 Å². The monoisotopic (exact) mass is 366 g/mol. The van der Waals surface area contributed by atoms with Gasteiger partial charge in [-0.05, 0) is 24.3 Å². The number of aromatic nitrogens is 4. The van der Waals surface area contributed by atoms with Gasteiger partial charge < -0.3 is 14.2 Å². The van der Waals surface area contributed by atoms with Gasteiger partial charge in [0.2, 0.25) is 4.96 Å². The molecule has 4 aromatic rings. The third kappa shape index (κ3) is 2.74. The predicted octanol–water partition coefficient (Wildman–Crippen LogP) is 3.28. The van der Waals surface area contributed by atoms with E-state index in [4.69, 9.17) is 14.2 Å². The van der Waals surface area contributed by atoms with Crippen molar-refractivity contribution in [3.63, 3.8) is 0 Å². The Hall–Kier alpha value is -3.13. The Bertz CT molecular complexity index is 1050. The van der Waals surface area contributed by atoms with Crippen LogP contribution in [0.5, 0.6) is 17.2 Å². The van der Waals surface area contributed by atoms with Crippen LogP contribution in [-0.2, 0) is 6.61 Å². The third-order valence-electron chi connectivity index (χ3n) is 3.96. The Morgan fingerprint density at radius 3 is 2.73 bits per heavy atom. The van der Waals surface area contributed by atoms with E-state index in [0.717, 1.165) is 16.5 Å². The maximum Gasteiger partial charge on any atom is 0.234 e. The van der Waals surface area contributed by atoms with Gasteiger partial charge in [-0.3, -0.25) is 0 Å². The number of hydrogen-bond donors (Lipinski definition) is 0. The molecule has 0 spiro atoms. The largest absolute Gasteiger partial charge is 0.486 e. The minimum Gasteiger partial charge on any atom is -0.486 e. The molecule has 130 valence electrons. The van der Waals surface area contributed by atoms with Crippen LogP contribution in [0.25, 0.3) is 4.96 Å². The van der Waals surface area contributed by atoms with Crippen LogP contribution in [0.3, 0.4) is 0 Å². The first kappa shape index (κ1) is 15.2. The highest BCUT2D eigenvalue weighted by Gasteiger charge is 2.28. The minimum absolute atomic E-state index is 0.357. The number of para-hydroxylation sites is 3. The van der Waals surface area contributed by atoms with Crippen LogP contribution in [0.1, 0.15) is 16.9 Å². The lowest BCUT2D eigenvalue weighted by atomic mass is 10.2. The minimum atomic E-state index is -0.357. The molecule has 0 N–H and O–H groups in total. The zero-order chi connectivity index (χ0) is 17.3. The molecule has 8 heteroatoms. The van der Waals surface area contributed by atoms with E-state index in [9.17, 15) is 0 Å². The van der Waals surface area contributed by atoms with Crippen LogP contribution in [0, 0.1) is 0 Å². The first-order chi connectivity index (χ1) is 12.9. The number of ether oxygens (including phenoxy) is 3. The van der Waals surface area contributed by atoms with E-state index in [-0.39, 0.29) is 6.10 Å². The van der Waals surface area contributed by atoms with Crippen molar-refractivity contribution in [3.05, 3.63) is 65.4 Å². The Balaban J connectivity index is 1.37. The zero-order valence-corrected chi connectivity index (χ0v) is 14.4. The molecule has 0 fully saturated rings. The average Bonchev–Trinajstić information content (AvgIpc) is 3.27. The summed E-state index contributed by atoms with van der Waals surface area (Å²) in [6, 6.07) is 17.2. The van der Waals surface area contributed by atoms with Gasteiger partial charge >= 0.3 is 0 Å². The molecule has 5 rings (SSSR count). The fourth-order valence-electron chi connectivity index (χ4n) is 2.74. The van der Waals surface area contributed by atoms with Crippen molar-refractivity contribution in [2.45, 2.75) is 12.7 Å². The molecule has 1 aliphatic heterocycles. The summed E-state index contributed by atoms with van der Waals surface area (Å²) >= 11 is 1.44. The molecular formula is C18H14N4O3S. The third-order valence-corrected chi connectivity index (χ3v) is 4.83. The van der Waals surface area contributed by atoms with Crippen LogP contribution in [0.2, 0.25) is 0 Å². The molecule has 0 unspecified atom stereocenters. The lowest BCUT2D eigenvalue weighted by Crippen LogP contribution is -2.23. The Kier molecular flexibility index (Phi) is 3.67. The Morgan fingerprint density at radius 1 is 1.04 bits per heavy atom. The summed E-state index contributed by atoms with van der Waals surface area (Å²) < 4.78 is 19.2. The average molecular weight is 366 g/mol. The number of benzene rings is 2. The molecular weight excluding hydrogens is 352 g/mol. The number of rotatable bonds is 4. The molecule has 0 amide bonds. The van der Waals surface area contributed by atoms with Gasteiger partial charge in [0, 0.05) is 0 Å². The van der Waals surface area contributed by atoms with E-state index in [1.54, 1.807) is 4.52 Å². The maximum atomic E-state index is 6.01. The molecule has 7 nitrogen and oxygen atoms in total. The number of hydrogen-bond acceptors (Lipinski definition) is 7.